The molecule has 0 bridgehead atoms. The molecule has 4 rings (SSSR count). The zero-order chi connectivity index (χ0) is 24.3. The van der Waals surface area contributed by atoms with Gasteiger partial charge in [-0.3, -0.25) is 9.52 Å². The minimum absolute atomic E-state index is 0.117. The molecular weight excluding hydrogens is 456 g/mol. The second kappa shape index (κ2) is 9.64. The van der Waals surface area contributed by atoms with Crippen LogP contribution >= 0.6 is 0 Å². The van der Waals surface area contributed by atoms with E-state index < -0.39 is 10.0 Å². The van der Waals surface area contributed by atoms with Crippen LogP contribution in [0.2, 0.25) is 0 Å². The van der Waals surface area contributed by atoms with E-state index in [1.54, 1.807) is 25.2 Å². The second-order valence-electron chi connectivity index (χ2n) is 7.98. The Labute approximate surface area is 199 Å². The van der Waals surface area contributed by atoms with Gasteiger partial charge in [-0.15, -0.1) is 0 Å². The number of ether oxygens (including phenoxy) is 3. The molecule has 9 heteroatoms. The average molecular weight is 483 g/mol. The van der Waals surface area contributed by atoms with Crippen molar-refractivity contribution in [2.45, 2.75) is 18.4 Å². The average Bonchev–Trinajstić information content (AvgIpc) is 2.84. The first-order chi connectivity index (χ1) is 16.3. The second-order valence-corrected chi connectivity index (χ2v) is 9.63. The number of carbonyl (C=O) groups is 1. The van der Waals surface area contributed by atoms with Crippen LogP contribution < -0.4 is 18.9 Å². The zero-order valence-corrected chi connectivity index (χ0v) is 20.0. The Kier molecular flexibility index (Phi) is 6.65. The van der Waals surface area contributed by atoms with Crippen LogP contribution in [0.15, 0.2) is 65.6 Å². The fourth-order valence-corrected chi connectivity index (χ4v) is 4.86. The van der Waals surface area contributed by atoms with Crippen molar-refractivity contribution in [2.75, 3.05) is 32.1 Å². The Bertz CT molecular complexity index is 1310. The third kappa shape index (κ3) is 5.09. The number of amides is 1. The minimum Gasteiger partial charge on any atom is -0.495 e. The fourth-order valence-electron chi connectivity index (χ4n) is 3.60. The monoisotopic (exact) mass is 482 g/mol. The van der Waals surface area contributed by atoms with Crippen molar-refractivity contribution >= 4 is 21.6 Å². The van der Waals surface area contributed by atoms with E-state index in [0.29, 0.717) is 36.9 Å². The first kappa shape index (κ1) is 23.4. The summed E-state index contributed by atoms with van der Waals surface area (Å²) in [7, 11) is -0.956. The SMILES string of the molecule is COc1ccc(C(=O)N(C)Cc2ccc3c(c2)OCCO3)cc1S(=O)(=O)Nc1ccc(C)cc1. The summed E-state index contributed by atoms with van der Waals surface area (Å²) in [6.45, 7) is 3.21. The van der Waals surface area contributed by atoms with Crippen molar-refractivity contribution in [1.82, 2.24) is 4.90 Å². The van der Waals surface area contributed by atoms with Crippen LogP contribution in [0.4, 0.5) is 5.69 Å². The van der Waals surface area contributed by atoms with Crippen LogP contribution in [0.3, 0.4) is 0 Å². The molecule has 3 aromatic rings. The summed E-state index contributed by atoms with van der Waals surface area (Å²) in [4.78, 5) is 14.5. The van der Waals surface area contributed by atoms with Gasteiger partial charge in [0.2, 0.25) is 0 Å². The van der Waals surface area contributed by atoms with Gasteiger partial charge in [0, 0.05) is 24.8 Å². The maximum Gasteiger partial charge on any atom is 0.265 e. The van der Waals surface area contributed by atoms with Gasteiger partial charge in [0.05, 0.1) is 7.11 Å². The molecule has 1 N–H and O–H groups in total. The number of sulfonamides is 1. The molecule has 1 aliphatic heterocycles. The van der Waals surface area contributed by atoms with Crippen LogP contribution in [-0.4, -0.2) is 46.6 Å². The smallest absolute Gasteiger partial charge is 0.265 e. The largest absolute Gasteiger partial charge is 0.495 e. The van der Waals surface area contributed by atoms with Gasteiger partial charge in [-0.2, -0.15) is 0 Å². The summed E-state index contributed by atoms with van der Waals surface area (Å²) >= 11 is 0. The molecule has 34 heavy (non-hydrogen) atoms. The number of anilines is 1. The van der Waals surface area contributed by atoms with E-state index in [4.69, 9.17) is 14.2 Å². The number of nitrogens with zero attached hydrogens (tertiary/aromatic N) is 1. The zero-order valence-electron chi connectivity index (χ0n) is 19.2. The van der Waals surface area contributed by atoms with Gasteiger partial charge in [0.1, 0.15) is 23.9 Å². The molecule has 178 valence electrons. The van der Waals surface area contributed by atoms with Gasteiger partial charge in [-0.05, 0) is 55.0 Å². The molecule has 0 aliphatic carbocycles. The lowest BCUT2D eigenvalue weighted by Crippen LogP contribution is -2.27. The molecule has 1 heterocycles. The Morgan fingerprint density at radius 3 is 2.41 bits per heavy atom. The lowest BCUT2D eigenvalue weighted by molar-refractivity contribution is 0.0784. The summed E-state index contributed by atoms with van der Waals surface area (Å²) in [5, 5.41) is 0. The maximum absolute atomic E-state index is 13.1. The summed E-state index contributed by atoms with van der Waals surface area (Å²) in [5.74, 6) is 1.13. The normalized spacial score (nSPS) is 12.7. The summed E-state index contributed by atoms with van der Waals surface area (Å²) in [6.07, 6.45) is 0. The summed E-state index contributed by atoms with van der Waals surface area (Å²) in [6, 6.07) is 16.9. The molecular formula is C25H26N2O6S. The number of hydrogen-bond acceptors (Lipinski definition) is 6. The van der Waals surface area contributed by atoms with E-state index in [9.17, 15) is 13.2 Å². The number of aryl methyl sites for hydroxylation is 1. The third-order valence-electron chi connectivity index (χ3n) is 5.38. The Morgan fingerprint density at radius 1 is 1.00 bits per heavy atom. The molecule has 0 saturated heterocycles. The van der Waals surface area contributed by atoms with Crippen molar-refractivity contribution < 1.29 is 27.4 Å². The molecule has 1 amide bonds. The Morgan fingerprint density at radius 2 is 1.71 bits per heavy atom. The first-order valence-corrected chi connectivity index (χ1v) is 12.2. The third-order valence-corrected chi connectivity index (χ3v) is 6.78. The van der Waals surface area contributed by atoms with Crippen LogP contribution in [0.1, 0.15) is 21.5 Å². The molecule has 0 fully saturated rings. The van der Waals surface area contributed by atoms with E-state index >= 15 is 0 Å². The van der Waals surface area contributed by atoms with E-state index in [1.165, 1.54) is 24.1 Å². The molecule has 1 aliphatic rings. The number of methoxy groups -OCH3 is 1. The first-order valence-electron chi connectivity index (χ1n) is 10.7. The molecule has 0 unspecified atom stereocenters. The molecule has 0 aromatic heterocycles. The lowest BCUT2D eigenvalue weighted by atomic mass is 10.1. The van der Waals surface area contributed by atoms with Gasteiger partial charge in [-0.25, -0.2) is 8.42 Å². The Hall–Kier alpha value is -3.72. The van der Waals surface area contributed by atoms with Crippen molar-refractivity contribution in [3.63, 3.8) is 0 Å². The Balaban J connectivity index is 1.56. The molecule has 0 atom stereocenters. The quantitative estimate of drug-likeness (QED) is 0.550. The van der Waals surface area contributed by atoms with Crippen LogP contribution in [-0.2, 0) is 16.6 Å². The van der Waals surface area contributed by atoms with Gasteiger partial charge < -0.3 is 19.1 Å². The standard InChI is InChI=1S/C25H26N2O6S/c1-17-4-8-20(9-5-17)26-34(29,30)24-15-19(7-11-22(24)31-3)25(28)27(2)16-18-6-10-21-23(14-18)33-13-12-32-21/h4-11,14-15,26H,12-13,16H2,1-3H3. The van der Waals surface area contributed by atoms with Crippen molar-refractivity contribution in [3.05, 3.63) is 77.4 Å². The van der Waals surface area contributed by atoms with Gasteiger partial charge >= 0.3 is 0 Å². The molecule has 3 aromatic carbocycles. The number of carbonyl (C=O) groups excluding carboxylic acids is 1. The predicted molar refractivity (Wildman–Crippen MR) is 128 cm³/mol. The summed E-state index contributed by atoms with van der Waals surface area (Å²) < 4.78 is 45.1. The minimum atomic E-state index is -4.00. The molecule has 0 radical (unpaired) electrons. The topological polar surface area (TPSA) is 94.2 Å². The van der Waals surface area contributed by atoms with Gasteiger partial charge in [0.25, 0.3) is 15.9 Å². The van der Waals surface area contributed by atoms with Crippen LogP contribution in [0.25, 0.3) is 0 Å². The highest BCUT2D eigenvalue weighted by atomic mass is 32.2. The van der Waals surface area contributed by atoms with Gasteiger partial charge in [0.15, 0.2) is 11.5 Å². The number of fused-ring (bicyclic) bond motifs is 1. The van der Waals surface area contributed by atoms with Crippen LogP contribution in [0, 0.1) is 6.92 Å². The van der Waals surface area contributed by atoms with E-state index in [-0.39, 0.29) is 22.1 Å². The van der Waals surface area contributed by atoms with Gasteiger partial charge in [-0.1, -0.05) is 23.8 Å². The van der Waals surface area contributed by atoms with E-state index in [2.05, 4.69) is 4.72 Å². The number of rotatable bonds is 7. The lowest BCUT2D eigenvalue weighted by Gasteiger charge is -2.21. The van der Waals surface area contributed by atoms with Crippen molar-refractivity contribution in [1.29, 1.82) is 0 Å². The summed E-state index contributed by atoms with van der Waals surface area (Å²) in [5.41, 5.74) is 2.52. The van der Waals surface area contributed by atoms with E-state index in [1.807, 2.05) is 37.3 Å². The number of nitrogens with one attached hydrogen (secondary N) is 1. The van der Waals surface area contributed by atoms with Crippen LogP contribution in [0.5, 0.6) is 17.2 Å². The maximum atomic E-state index is 13.1. The van der Waals surface area contributed by atoms with Crippen molar-refractivity contribution in [3.8, 4) is 17.2 Å². The molecule has 0 spiro atoms. The highest BCUT2D eigenvalue weighted by molar-refractivity contribution is 7.92. The fraction of sp³-hybridized carbons (Fsp3) is 0.240. The molecule has 0 saturated carbocycles. The number of hydrogen-bond donors (Lipinski definition) is 1. The van der Waals surface area contributed by atoms with E-state index in [0.717, 1.165) is 11.1 Å². The highest BCUT2D eigenvalue weighted by Crippen LogP contribution is 2.31. The highest BCUT2D eigenvalue weighted by Gasteiger charge is 2.23. The number of benzene rings is 3. The van der Waals surface area contributed by atoms with Crippen molar-refractivity contribution in [2.24, 2.45) is 0 Å². The predicted octanol–water partition coefficient (Wildman–Crippen LogP) is 3.85. The molecule has 8 nitrogen and oxygen atoms in total.